The summed E-state index contributed by atoms with van der Waals surface area (Å²) in [4.78, 5) is 16.2. The second-order valence-electron chi connectivity index (χ2n) is 7.89. The molecule has 1 heterocycles. The third-order valence-electron chi connectivity index (χ3n) is 5.90. The average molecular weight is 429 g/mol. The molecule has 1 saturated heterocycles. The number of quaternary nitrogens is 1. The van der Waals surface area contributed by atoms with Gasteiger partial charge in [0.05, 0.1) is 41.0 Å². The first kappa shape index (κ1) is 22.9. The van der Waals surface area contributed by atoms with Crippen LogP contribution in [0.2, 0.25) is 0 Å². The van der Waals surface area contributed by atoms with E-state index in [4.69, 9.17) is 14.2 Å². The summed E-state index contributed by atoms with van der Waals surface area (Å²) in [6, 6.07) is 13.8. The van der Waals surface area contributed by atoms with Gasteiger partial charge in [-0.2, -0.15) is 0 Å². The summed E-state index contributed by atoms with van der Waals surface area (Å²) in [5, 5.41) is 3.04. The van der Waals surface area contributed by atoms with Gasteiger partial charge in [-0.25, -0.2) is 0 Å². The van der Waals surface area contributed by atoms with E-state index in [0.717, 1.165) is 72.6 Å². The zero-order valence-corrected chi connectivity index (χ0v) is 18.9. The number of hydrogen-bond donors (Lipinski definition) is 2. The Balaban J connectivity index is 1.51. The summed E-state index contributed by atoms with van der Waals surface area (Å²) in [6.07, 6.45) is 0.845. The average Bonchev–Trinajstić information content (AvgIpc) is 2.82. The summed E-state index contributed by atoms with van der Waals surface area (Å²) in [5.41, 5.74) is 3.14. The summed E-state index contributed by atoms with van der Waals surface area (Å²) in [5.74, 6) is 1.47. The van der Waals surface area contributed by atoms with E-state index in [1.54, 1.807) is 14.2 Å². The SMILES string of the molecule is COc1ccc(CC[NH+](C)[C@H](C)C(=O)Nc2ccc(N3CCOCC3)cc2)cc1OC. The molecular weight excluding hydrogens is 394 g/mol. The highest BCUT2D eigenvalue weighted by Crippen LogP contribution is 2.27. The van der Waals surface area contributed by atoms with Crippen LogP contribution in [0.4, 0.5) is 11.4 Å². The maximum atomic E-state index is 12.7. The topological polar surface area (TPSA) is 64.5 Å². The monoisotopic (exact) mass is 428 g/mol. The van der Waals surface area contributed by atoms with Crippen molar-refractivity contribution in [1.82, 2.24) is 0 Å². The van der Waals surface area contributed by atoms with Gasteiger partial charge in [-0.3, -0.25) is 4.79 Å². The molecule has 2 N–H and O–H groups in total. The van der Waals surface area contributed by atoms with Gasteiger partial charge in [0.1, 0.15) is 0 Å². The molecule has 1 unspecified atom stereocenters. The zero-order valence-electron chi connectivity index (χ0n) is 18.9. The fourth-order valence-corrected chi connectivity index (χ4v) is 3.65. The normalized spacial score (nSPS) is 15.8. The number of carbonyl (C=O) groups is 1. The number of methoxy groups -OCH3 is 2. The minimum absolute atomic E-state index is 0.0175. The van der Waals surface area contributed by atoms with Crippen LogP contribution in [0.25, 0.3) is 0 Å². The summed E-state index contributed by atoms with van der Waals surface area (Å²) >= 11 is 0. The fraction of sp³-hybridized carbons (Fsp3) is 0.458. The minimum atomic E-state index is -0.168. The molecule has 2 aromatic rings. The Kier molecular flexibility index (Phi) is 8.14. The van der Waals surface area contributed by atoms with Gasteiger partial charge < -0.3 is 29.3 Å². The van der Waals surface area contributed by atoms with E-state index in [0.29, 0.717) is 0 Å². The molecule has 7 nitrogen and oxygen atoms in total. The first-order valence-electron chi connectivity index (χ1n) is 10.8. The number of hydrogen-bond acceptors (Lipinski definition) is 5. The van der Waals surface area contributed by atoms with Crippen LogP contribution >= 0.6 is 0 Å². The molecule has 168 valence electrons. The maximum absolute atomic E-state index is 12.7. The first-order valence-corrected chi connectivity index (χ1v) is 10.8. The van der Waals surface area contributed by atoms with Gasteiger partial charge in [-0.1, -0.05) is 6.07 Å². The third kappa shape index (κ3) is 6.12. The first-order chi connectivity index (χ1) is 15.0. The Morgan fingerprint density at radius 2 is 1.77 bits per heavy atom. The second-order valence-corrected chi connectivity index (χ2v) is 7.89. The third-order valence-corrected chi connectivity index (χ3v) is 5.90. The smallest absolute Gasteiger partial charge is 0.282 e. The summed E-state index contributed by atoms with van der Waals surface area (Å²) in [7, 11) is 5.32. The number of anilines is 2. The fourth-order valence-electron chi connectivity index (χ4n) is 3.65. The molecule has 2 atom stereocenters. The van der Waals surface area contributed by atoms with E-state index in [2.05, 4.69) is 22.3 Å². The molecule has 0 spiro atoms. The van der Waals surface area contributed by atoms with Crippen LogP contribution in [0.3, 0.4) is 0 Å². The number of ether oxygens (including phenoxy) is 3. The molecule has 0 aromatic heterocycles. The van der Waals surface area contributed by atoms with Crippen LogP contribution in [0.1, 0.15) is 12.5 Å². The van der Waals surface area contributed by atoms with Crippen LogP contribution in [-0.4, -0.2) is 66.1 Å². The van der Waals surface area contributed by atoms with E-state index >= 15 is 0 Å². The van der Waals surface area contributed by atoms with Crippen molar-refractivity contribution in [2.75, 3.05) is 64.3 Å². The number of morpholine rings is 1. The molecule has 0 radical (unpaired) electrons. The Morgan fingerprint density at radius 1 is 1.10 bits per heavy atom. The number of benzene rings is 2. The summed E-state index contributed by atoms with van der Waals surface area (Å²) < 4.78 is 16.1. The van der Waals surface area contributed by atoms with Crippen LogP contribution in [0.15, 0.2) is 42.5 Å². The van der Waals surface area contributed by atoms with Crippen molar-refractivity contribution < 1.29 is 23.9 Å². The predicted molar refractivity (Wildman–Crippen MR) is 123 cm³/mol. The Hall–Kier alpha value is -2.77. The van der Waals surface area contributed by atoms with Crippen molar-refractivity contribution >= 4 is 17.3 Å². The number of carbonyl (C=O) groups excluding carboxylic acids is 1. The van der Waals surface area contributed by atoms with Crippen LogP contribution in [0.5, 0.6) is 11.5 Å². The van der Waals surface area contributed by atoms with Gasteiger partial charge in [0.15, 0.2) is 17.5 Å². The molecule has 1 aliphatic rings. The zero-order chi connectivity index (χ0) is 22.2. The molecule has 1 fully saturated rings. The van der Waals surface area contributed by atoms with E-state index in [1.165, 1.54) is 0 Å². The van der Waals surface area contributed by atoms with Crippen LogP contribution in [0, 0.1) is 0 Å². The largest absolute Gasteiger partial charge is 0.493 e. The molecule has 3 rings (SSSR count). The van der Waals surface area contributed by atoms with Gasteiger partial charge >= 0.3 is 0 Å². The Morgan fingerprint density at radius 3 is 2.42 bits per heavy atom. The number of nitrogens with zero attached hydrogens (tertiary/aromatic N) is 1. The highest BCUT2D eigenvalue weighted by Gasteiger charge is 2.22. The van der Waals surface area contributed by atoms with E-state index < -0.39 is 0 Å². The maximum Gasteiger partial charge on any atom is 0.282 e. The number of nitrogens with one attached hydrogen (secondary N) is 2. The van der Waals surface area contributed by atoms with Crippen LogP contribution in [-0.2, 0) is 16.0 Å². The highest BCUT2D eigenvalue weighted by molar-refractivity contribution is 5.93. The van der Waals surface area contributed by atoms with Gasteiger partial charge in [0, 0.05) is 30.9 Å². The summed E-state index contributed by atoms with van der Waals surface area (Å²) in [6.45, 7) is 6.11. The van der Waals surface area contributed by atoms with Crippen molar-refractivity contribution in [3.63, 3.8) is 0 Å². The van der Waals surface area contributed by atoms with Gasteiger partial charge in [-0.15, -0.1) is 0 Å². The molecule has 1 amide bonds. The molecule has 2 aromatic carbocycles. The lowest BCUT2D eigenvalue weighted by molar-refractivity contribution is -0.893. The van der Waals surface area contributed by atoms with Crippen molar-refractivity contribution in [3.05, 3.63) is 48.0 Å². The van der Waals surface area contributed by atoms with Crippen molar-refractivity contribution in [2.45, 2.75) is 19.4 Å². The number of rotatable bonds is 9. The van der Waals surface area contributed by atoms with E-state index in [-0.39, 0.29) is 11.9 Å². The quantitative estimate of drug-likeness (QED) is 0.636. The van der Waals surface area contributed by atoms with Gasteiger partial charge in [0.25, 0.3) is 5.91 Å². The lowest BCUT2D eigenvalue weighted by atomic mass is 10.1. The number of amides is 1. The molecule has 7 heteroatoms. The van der Waals surface area contributed by atoms with Crippen LogP contribution < -0.4 is 24.6 Å². The number of likely N-dealkylation sites (N-methyl/N-ethyl adjacent to an activating group) is 1. The molecule has 0 saturated carbocycles. The van der Waals surface area contributed by atoms with E-state index in [1.807, 2.05) is 44.3 Å². The molecular formula is C24H34N3O4+. The molecule has 1 aliphatic heterocycles. The molecule has 0 bridgehead atoms. The Bertz CT molecular complexity index is 850. The van der Waals surface area contributed by atoms with Gasteiger partial charge in [-0.05, 0) is 48.9 Å². The molecule has 31 heavy (non-hydrogen) atoms. The van der Waals surface area contributed by atoms with E-state index in [9.17, 15) is 4.79 Å². The standard InChI is InChI=1S/C24H33N3O4/c1-18(26(2)12-11-19-5-10-22(29-3)23(17-19)30-4)24(28)25-20-6-8-21(9-7-20)27-13-15-31-16-14-27/h5-10,17-18H,11-16H2,1-4H3,(H,25,28)/p+1/t18-/m1/s1. The van der Waals surface area contributed by atoms with Crippen molar-refractivity contribution in [1.29, 1.82) is 0 Å². The van der Waals surface area contributed by atoms with Crippen molar-refractivity contribution in [2.24, 2.45) is 0 Å². The van der Waals surface area contributed by atoms with Gasteiger partial charge in [0.2, 0.25) is 0 Å². The second kappa shape index (κ2) is 11.0. The molecule has 0 aliphatic carbocycles. The highest BCUT2D eigenvalue weighted by atomic mass is 16.5. The minimum Gasteiger partial charge on any atom is -0.493 e. The Labute approximate surface area is 184 Å². The van der Waals surface area contributed by atoms with Crippen molar-refractivity contribution in [3.8, 4) is 11.5 Å². The predicted octanol–water partition coefficient (Wildman–Crippen LogP) is 1.62. The lowest BCUT2D eigenvalue weighted by Gasteiger charge is -2.29. The lowest BCUT2D eigenvalue weighted by Crippen LogP contribution is -3.14.